The van der Waals surface area contributed by atoms with E-state index in [0.29, 0.717) is 0 Å². The third-order valence-electron chi connectivity index (χ3n) is 3.93. The van der Waals surface area contributed by atoms with Crippen LogP contribution in [0.1, 0.15) is 23.3 Å². The number of aromatic carboxylic acids is 1. The van der Waals surface area contributed by atoms with Crippen molar-refractivity contribution in [1.29, 1.82) is 0 Å². The Balaban J connectivity index is 1.79. The molecule has 0 aromatic carbocycles. The first-order valence-electron chi connectivity index (χ1n) is 6.86. The van der Waals surface area contributed by atoms with Crippen LogP contribution in [-0.2, 0) is 4.74 Å². The third kappa shape index (κ3) is 2.76. The number of carboxylic acid groups (broad SMARTS) is 1. The van der Waals surface area contributed by atoms with Gasteiger partial charge >= 0.3 is 5.97 Å². The molecule has 20 heavy (non-hydrogen) atoms. The van der Waals surface area contributed by atoms with Gasteiger partial charge in [-0.15, -0.1) is 0 Å². The summed E-state index contributed by atoms with van der Waals surface area (Å²) in [4.78, 5) is 17.5. The average molecular weight is 294 g/mol. The van der Waals surface area contributed by atoms with E-state index in [9.17, 15) is 4.79 Å². The standard InChI is InChI=1S/C14H18N2O3S/c17-13(18)11-2-1-3-12(15-11)16-6-9-20-14(10-16)4-7-19-8-5-14/h1-3H,4-10H2,(H,17,18). The van der Waals surface area contributed by atoms with Crippen molar-refractivity contribution in [3.8, 4) is 0 Å². The molecule has 5 nitrogen and oxygen atoms in total. The molecule has 108 valence electrons. The number of aromatic nitrogens is 1. The maximum absolute atomic E-state index is 11.0. The molecule has 1 aromatic heterocycles. The van der Waals surface area contributed by atoms with E-state index in [1.807, 2.05) is 17.8 Å². The largest absolute Gasteiger partial charge is 0.477 e. The van der Waals surface area contributed by atoms with Crippen LogP contribution in [0.25, 0.3) is 0 Å². The normalized spacial score (nSPS) is 21.9. The molecule has 2 saturated heterocycles. The van der Waals surface area contributed by atoms with E-state index in [2.05, 4.69) is 9.88 Å². The first kappa shape index (κ1) is 13.7. The first-order valence-corrected chi connectivity index (χ1v) is 7.84. The number of hydrogen-bond acceptors (Lipinski definition) is 5. The number of thioether (sulfide) groups is 1. The highest BCUT2D eigenvalue weighted by Gasteiger charge is 2.38. The van der Waals surface area contributed by atoms with Crippen molar-refractivity contribution in [2.75, 3.05) is 37.0 Å². The van der Waals surface area contributed by atoms with Crippen LogP contribution in [0.4, 0.5) is 5.82 Å². The number of nitrogens with zero attached hydrogens (tertiary/aromatic N) is 2. The second-order valence-corrected chi connectivity index (χ2v) is 6.81. The molecule has 2 fully saturated rings. The summed E-state index contributed by atoms with van der Waals surface area (Å²) < 4.78 is 5.71. The highest BCUT2D eigenvalue weighted by atomic mass is 32.2. The molecule has 0 atom stereocenters. The molecular formula is C14H18N2O3S. The molecule has 3 rings (SSSR count). The first-order chi connectivity index (χ1) is 9.69. The lowest BCUT2D eigenvalue weighted by Gasteiger charge is -2.44. The number of rotatable bonds is 2. The molecule has 6 heteroatoms. The fourth-order valence-corrected chi connectivity index (χ4v) is 4.25. The van der Waals surface area contributed by atoms with Crippen molar-refractivity contribution in [2.45, 2.75) is 17.6 Å². The van der Waals surface area contributed by atoms with Crippen LogP contribution in [-0.4, -0.2) is 52.9 Å². The minimum absolute atomic E-state index is 0.113. The summed E-state index contributed by atoms with van der Waals surface area (Å²) in [5, 5.41) is 9.05. The Labute approximate surface area is 122 Å². The minimum atomic E-state index is -0.973. The molecule has 0 saturated carbocycles. The summed E-state index contributed by atoms with van der Waals surface area (Å²) in [6.45, 7) is 3.49. The van der Waals surface area contributed by atoms with E-state index in [4.69, 9.17) is 9.84 Å². The van der Waals surface area contributed by atoms with Gasteiger partial charge in [-0.1, -0.05) is 6.07 Å². The lowest BCUT2D eigenvalue weighted by Crippen LogP contribution is -2.49. The van der Waals surface area contributed by atoms with E-state index in [-0.39, 0.29) is 10.4 Å². The van der Waals surface area contributed by atoms with E-state index >= 15 is 0 Å². The minimum Gasteiger partial charge on any atom is -0.477 e. The SMILES string of the molecule is O=C(O)c1cccc(N2CCSC3(CCOCC3)C2)n1. The van der Waals surface area contributed by atoms with Crippen molar-refractivity contribution >= 4 is 23.5 Å². The van der Waals surface area contributed by atoms with E-state index in [1.54, 1.807) is 6.07 Å². The van der Waals surface area contributed by atoms with Crippen molar-refractivity contribution in [1.82, 2.24) is 4.98 Å². The Morgan fingerprint density at radius 3 is 2.95 bits per heavy atom. The van der Waals surface area contributed by atoms with E-state index < -0.39 is 5.97 Å². The lowest BCUT2D eigenvalue weighted by molar-refractivity contribution is 0.0690. The van der Waals surface area contributed by atoms with Gasteiger partial charge in [0, 0.05) is 36.8 Å². The zero-order valence-electron chi connectivity index (χ0n) is 11.2. The Morgan fingerprint density at radius 2 is 2.20 bits per heavy atom. The Bertz CT molecular complexity index is 497. The van der Waals surface area contributed by atoms with Crippen molar-refractivity contribution < 1.29 is 14.6 Å². The van der Waals surface area contributed by atoms with Gasteiger partial charge in [-0.3, -0.25) is 0 Å². The van der Waals surface area contributed by atoms with Gasteiger partial charge in [0.05, 0.1) is 0 Å². The molecule has 2 aliphatic heterocycles. The monoisotopic (exact) mass is 294 g/mol. The number of hydrogen-bond donors (Lipinski definition) is 1. The summed E-state index contributed by atoms with van der Waals surface area (Å²) in [6, 6.07) is 5.20. The maximum Gasteiger partial charge on any atom is 0.354 e. The second-order valence-electron chi connectivity index (χ2n) is 5.25. The number of anilines is 1. The number of carbonyl (C=O) groups is 1. The summed E-state index contributed by atoms with van der Waals surface area (Å²) in [5.41, 5.74) is 0.113. The zero-order chi connectivity index (χ0) is 14.0. The van der Waals surface area contributed by atoms with Crippen LogP contribution in [0.15, 0.2) is 18.2 Å². The fraction of sp³-hybridized carbons (Fsp3) is 0.571. The van der Waals surface area contributed by atoms with Gasteiger partial charge in [-0.25, -0.2) is 9.78 Å². The van der Waals surface area contributed by atoms with Gasteiger partial charge in [0.2, 0.25) is 0 Å². The smallest absolute Gasteiger partial charge is 0.354 e. The summed E-state index contributed by atoms with van der Waals surface area (Å²) >= 11 is 2.03. The second kappa shape index (κ2) is 5.61. The maximum atomic E-state index is 11.0. The predicted octanol–water partition coefficient (Wildman–Crippen LogP) is 1.88. The molecule has 2 aliphatic rings. The van der Waals surface area contributed by atoms with Crippen molar-refractivity contribution in [3.63, 3.8) is 0 Å². The van der Waals surface area contributed by atoms with Gasteiger partial charge in [-0.2, -0.15) is 11.8 Å². The lowest BCUT2D eigenvalue weighted by atomic mass is 9.98. The third-order valence-corrected chi connectivity index (χ3v) is 5.47. The molecule has 0 unspecified atom stereocenters. The molecule has 0 amide bonds. The highest BCUT2D eigenvalue weighted by molar-refractivity contribution is 8.00. The van der Waals surface area contributed by atoms with Crippen LogP contribution < -0.4 is 4.90 Å². The molecule has 0 radical (unpaired) electrons. The highest BCUT2D eigenvalue weighted by Crippen LogP contribution is 2.39. The Morgan fingerprint density at radius 1 is 1.40 bits per heavy atom. The van der Waals surface area contributed by atoms with Crippen molar-refractivity contribution in [3.05, 3.63) is 23.9 Å². The zero-order valence-corrected chi connectivity index (χ0v) is 12.1. The van der Waals surface area contributed by atoms with Gasteiger partial charge in [0.15, 0.2) is 5.69 Å². The average Bonchev–Trinajstić information content (AvgIpc) is 2.48. The Kier molecular flexibility index (Phi) is 3.85. The molecule has 3 heterocycles. The molecule has 0 aliphatic carbocycles. The molecule has 1 N–H and O–H groups in total. The molecule has 0 bridgehead atoms. The van der Waals surface area contributed by atoms with Crippen LogP contribution in [0.3, 0.4) is 0 Å². The molecular weight excluding hydrogens is 276 g/mol. The summed E-state index contributed by atoms with van der Waals surface area (Å²) in [7, 11) is 0. The van der Waals surface area contributed by atoms with Gasteiger partial charge in [-0.05, 0) is 25.0 Å². The van der Waals surface area contributed by atoms with Gasteiger partial charge in [0.1, 0.15) is 5.82 Å². The van der Waals surface area contributed by atoms with E-state index in [0.717, 1.165) is 50.7 Å². The molecule has 1 aromatic rings. The summed E-state index contributed by atoms with van der Waals surface area (Å²) in [5.74, 6) is 0.856. The van der Waals surface area contributed by atoms with E-state index in [1.165, 1.54) is 6.07 Å². The number of ether oxygens (including phenoxy) is 1. The van der Waals surface area contributed by atoms with Gasteiger partial charge in [0.25, 0.3) is 0 Å². The Hall–Kier alpha value is -1.27. The molecule has 1 spiro atoms. The number of carboxylic acids is 1. The van der Waals surface area contributed by atoms with Crippen molar-refractivity contribution in [2.24, 2.45) is 0 Å². The fourth-order valence-electron chi connectivity index (χ4n) is 2.80. The van der Waals surface area contributed by atoms with Crippen LogP contribution in [0, 0.1) is 0 Å². The predicted molar refractivity (Wildman–Crippen MR) is 78.7 cm³/mol. The summed E-state index contributed by atoms with van der Waals surface area (Å²) in [6.07, 6.45) is 2.12. The van der Waals surface area contributed by atoms with Gasteiger partial charge < -0.3 is 14.7 Å². The topological polar surface area (TPSA) is 62.7 Å². The van der Waals surface area contributed by atoms with Crippen LogP contribution in [0.2, 0.25) is 0 Å². The quantitative estimate of drug-likeness (QED) is 0.898. The van der Waals surface area contributed by atoms with Crippen LogP contribution >= 0.6 is 11.8 Å². The number of pyridine rings is 1. The van der Waals surface area contributed by atoms with Crippen LogP contribution in [0.5, 0.6) is 0 Å².